The van der Waals surface area contributed by atoms with Crippen LogP contribution < -0.4 is 5.73 Å². The van der Waals surface area contributed by atoms with E-state index < -0.39 is 11.6 Å². The van der Waals surface area contributed by atoms with Gasteiger partial charge in [0.25, 0.3) is 5.91 Å². The largest absolute Gasteiger partial charge is 0.367 e. The average molecular weight is 172 g/mol. The first-order chi connectivity index (χ1) is 5.55. The molecule has 0 spiro atoms. The topological polar surface area (TPSA) is 66.6 Å². The maximum Gasteiger partial charge on any atom is 0.264 e. The second-order valence-electron chi connectivity index (χ2n) is 3.43. The minimum atomic E-state index is -1.46. The Morgan fingerprint density at radius 3 is 2.33 bits per heavy atom. The van der Waals surface area contributed by atoms with Crippen molar-refractivity contribution in [2.45, 2.75) is 31.9 Å². The highest BCUT2D eigenvalue weighted by atomic mass is 16.3. The lowest BCUT2D eigenvalue weighted by atomic mass is 10.1. The molecule has 1 aliphatic heterocycles. The van der Waals surface area contributed by atoms with E-state index in [0.717, 1.165) is 25.9 Å². The zero-order valence-electron chi connectivity index (χ0n) is 7.42. The molecule has 0 radical (unpaired) electrons. The summed E-state index contributed by atoms with van der Waals surface area (Å²) in [6.45, 7) is 2.98. The van der Waals surface area contributed by atoms with E-state index in [1.807, 2.05) is 0 Å². The molecular formula is C8H16N2O2. The highest BCUT2D eigenvalue weighted by Crippen LogP contribution is 2.17. The number of primary amides is 1. The number of carbonyl (C=O) groups excluding carboxylic acids is 1. The van der Waals surface area contributed by atoms with Gasteiger partial charge < -0.3 is 10.8 Å². The highest BCUT2D eigenvalue weighted by molar-refractivity contribution is 5.82. The van der Waals surface area contributed by atoms with Gasteiger partial charge in [0.15, 0.2) is 5.72 Å². The fourth-order valence-corrected chi connectivity index (χ4v) is 1.49. The summed E-state index contributed by atoms with van der Waals surface area (Å²) < 4.78 is 0. The van der Waals surface area contributed by atoms with Gasteiger partial charge in [-0.15, -0.1) is 0 Å². The molecule has 1 unspecified atom stereocenters. The Kier molecular flexibility index (Phi) is 2.69. The maximum absolute atomic E-state index is 10.9. The molecule has 1 fully saturated rings. The third-order valence-corrected chi connectivity index (χ3v) is 2.44. The molecule has 3 N–H and O–H groups in total. The number of rotatable bonds is 2. The van der Waals surface area contributed by atoms with Crippen molar-refractivity contribution in [1.82, 2.24) is 4.90 Å². The van der Waals surface area contributed by atoms with Crippen molar-refractivity contribution in [2.75, 3.05) is 13.1 Å². The molecule has 12 heavy (non-hydrogen) atoms. The first kappa shape index (κ1) is 9.48. The molecule has 0 aromatic rings. The number of piperidine rings is 1. The van der Waals surface area contributed by atoms with E-state index in [0.29, 0.717) is 0 Å². The predicted octanol–water partition coefficient (Wildman–Crippen LogP) is -0.334. The molecule has 4 nitrogen and oxygen atoms in total. The van der Waals surface area contributed by atoms with E-state index in [9.17, 15) is 9.90 Å². The van der Waals surface area contributed by atoms with Crippen LogP contribution in [0.5, 0.6) is 0 Å². The van der Waals surface area contributed by atoms with Crippen LogP contribution >= 0.6 is 0 Å². The normalized spacial score (nSPS) is 24.8. The third-order valence-electron chi connectivity index (χ3n) is 2.44. The molecule has 70 valence electrons. The van der Waals surface area contributed by atoms with Gasteiger partial charge in [-0.1, -0.05) is 6.42 Å². The molecule has 1 amide bonds. The second kappa shape index (κ2) is 3.41. The number of hydrogen-bond donors (Lipinski definition) is 2. The van der Waals surface area contributed by atoms with Crippen molar-refractivity contribution < 1.29 is 9.90 Å². The smallest absolute Gasteiger partial charge is 0.264 e. The molecule has 1 rings (SSSR count). The number of nitrogens with two attached hydrogens (primary N) is 1. The minimum Gasteiger partial charge on any atom is -0.367 e. The van der Waals surface area contributed by atoms with Gasteiger partial charge in [0.2, 0.25) is 0 Å². The van der Waals surface area contributed by atoms with Crippen molar-refractivity contribution in [3.63, 3.8) is 0 Å². The summed E-state index contributed by atoms with van der Waals surface area (Å²) in [6, 6.07) is 0. The fourth-order valence-electron chi connectivity index (χ4n) is 1.49. The molecule has 0 saturated carbocycles. The van der Waals surface area contributed by atoms with Gasteiger partial charge in [0, 0.05) is 13.1 Å². The van der Waals surface area contributed by atoms with Crippen LogP contribution in [0.25, 0.3) is 0 Å². The monoisotopic (exact) mass is 172 g/mol. The molecule has 0 aromatic carbocycles. The molecule has 1 aliphatic rings. The van der Waals surface area contributed by atoms with Gasteiger partial charge in [-0.3, -0.25) is 9.69 Å². The van der Waals surface area contributed by atoms with Crippen molar-refractivity contribution in [3.8, 4) is 0 Å². The Balaban J connectivity index is 2.59. The first-order valence-corrected chi connectivity index (χ1v) is 4.32. The molecule has 0 aromatic heterocycles. The van der Waals surface area contributed by atoms with Crippen LogP contribution in [0.1, 0.15) is 26.2 Å². The van der Waals surface area contributed by atoms with E-state index >= 15 is 0 Å². The number of likely N-dealkylation sites (tertiary alicyclic amines) is 1. The molecule has 1 atom stereocenters. The number of aliphatic hydroxyl groups is 1. The van der Waals surface area contributed by atoms with Crippen LogP contribution in [0, 0.1) is 0 Å². The minimum absolute atomic E-state index is 0.663. The Bertz CT molecular complexity index is 174. The molecule has 1 saturated heterocycles. The van der Waals surface area contributed by atoms with Crippen molar-refractivity contribution >= 4 is 5.91 Å². The summed E-state index contributed by atoms with van der Waals surface area (Å²) in [7, 11) is 0. The SMILES string of the molecule is CC(O)(C(N)=O)N1CCCCC1. The van der Waals surface area contributed by atoms with Gasteiger partial charge in [-0.25, -0.2) is 0 Å². The van der Waals surface area contributed by atoms with Crippen molar-refractivity contribution in [3.05, 3.63) is 0 Å². The number of hydrogen-bond acceptors (Lipinski definition) is 3. The third kappa shape index (κ3) is 1.76. The van der Waals surface area contributed by atoms with Crippen molar-refractivity contribution in [2.24, 2.45) is 5.73 Å². The van der Waals surface area contributed by atoms with Crippen LogP contribution in [-0.4, -0.2) is 34.7 Å². The lowest BCUT2D eigenvalue weighted by Crippen LogP contribution is -2.56. The summed E-state index contributed by atoms with van der Waals surface area (Å²) in [5.41, 5.74) is 3.61. The summed E-state index contributed by atoms with van der Waals surface area (Å²) in [4.78, 5) is 12.6. The van der Waals surface area contributed by atoms with Gasteiger partial charge in [-0.2, -0.15) is 0 Å². The quantitative estimate of drug-likeness (QED) is 0.599. The number of amides is 1. The van der Waals surface area contributed by atoms with Crippen LogP contribution in [0.15, 0.2) is 0 Å². The molecule has 0 aliphatic carbocycles. The Morgan fingerprint density at radius 2 is 1.92 bits per heavy atom. The predicted molar refractivity (Wildman–Crippen MR) is 45.2 cm³/mol. The van der Waals surface area contributed by atoms with E-state index in [1.165, 1.54) is 13.3 Å². The molecular weight excluding hydrogens is 156 g/mol. The summed E-state index contributed by atoms with van der Waals surface area (Å²) in [6.07, 6.45) is 3.23. The summed E-state index contributed by atoms with van der Waals surface area (Å²) >= 11 is 0. The van der Waals surface area contributed by atoms with Gasteiger partial charge in [0.05, 0.1) is 0 Å². The Morgan fingerprint density at radius 1 is 1.42 bits per heavy atom. The Hall–Kier alpha value is -0.610. The van der Waals surface area contributed by atoms with Gasteiger partial charge in [-0.05, 0) is 19.8 Å². The summed E-state index contributed by atoms with van der Waals surface area (Å²) in [5, 5.41) is 9.67. The standard InChI is InChI=1S/C8H16N2O2/c1-8(12,7(9)11)10-5-3-2-4-6-10/h12H,2-6H2,1H3,(H2,9,11). The fraction of sp³-hybridized carbons (Fsp3) is 0.875. The zero-order chi connectivity index (χ0) is 9.19. The first-order valence-electron chi connectivity index (χ1n) is 4.32. The van der Waals surface area contributed by atoms with E-state index in [4.69, 9.17) is 5.73 Å². The number of nitrogens with zero attached hydrogens (tertiary/aromatic N) is 1. The van der Waals surface area contributed by atoms with Crippen LogP contribution in [0.3, 0.4) is 0 Å². The highest BCUT2D eigenvalue weighted by Gasteiger charge is 2.35. The molecule has 1 heterocycles. The zero-order valence-corrected chi connectivity index (χ0v) is 7.42. The van der Waals surface area contributed by atoms with Gasteiger partial charge in [0.1, 0.15) is 0 Å². The molecule has 4 heteroatoms. The summed E-state index contributed by atoms with van der Waals surface area (Å²) in [5.74, 6) is -0.663. The maximum atomic E-state index is 10.9. The van der Waals surface area contributed by atoms with Gasteiger partial charge >= 0.3 is 0 Å². The van der Waals surface area contributed by atoms with Crippen LogP contribution in [0.2, 0.25) is 0 Å². The van der Waals surface area contributed by atoms with E-state index in [2.05, 4.69) is 0 Å². The average Bonchev–Trinajstić information content (AvgIpc) is 2.06. The Labute approximate surface area is 72.3 Å². The molecule has 0 bridgehead atoms. The van der Waals surface area contributed by atoms with E-state index in [-0.39, 0.29) is 0 Å². The van der Waals surface area contributed by atoms with E-state index in [1.54, 1.807) is 4.90 Å². The lowest BCUT2D eigenvalue weighted by molar-refractivity contribution is -0.158. The van der Waals surface area contributed by atoms with Crippen LogP contribution in [-0.2, 0) is 4.79 Å². The van der Waals surface area contributed by atoms with Crippen LogP contribution in [0.4, 0.5) is 0 Å². The number of carbonyl (C=O) groups is 1. The second-order valence-corrected chi connectivity index (χ2v) is 3.43. The lowest BCUT2D eigenvalue weighted by Gasteiger charge is -2.36. The van der Waals surface area contributed by atoms with Crippen molar-refractivity contribution in [1.29, 1.82) is 0 Å².